The zero-order valence-electron chi connectivity index (χ0n) is 12.7. The van der Waals surface area contributed by atoms with Gasteiger partial charge in [0, 0.05) is 6.54 Å². The summed E-state index contributed by atoms with van der Waals surface area (Å²) in [6.45, 7) is 3.79. The van der Waals surface area contributed by atoms with Gasteiger partial charge in [-0.15, -0.1) is 0 Å². The first kappa shape index (κ1) is 16.5. The molecule has 0 saturated carbocycles. The summed E-state index contributed by atoms with van der Waals surface area (Å²) in [5.74, 6) is -0.353. The Morgan fingerprint density at radius 3 is 2.41 bits per heavy atom. The zero-order valence-corrected chi connectivity index (χ0v) is 13.5. The molecule has 1 aliphatic heterocycles. The van der Waals surface area contributed by atoms with Crippen molar-refractivity contribution in [1.82, 2.24) is 10.2 Å². The molecule has 120 valence electrons. The topological polar surface area (TPSA) is 83.6 Å². The Balaban J connectivity index is 2.03. The van der Waals surface area contributed by atoms with E-state index in [9.17, 15) is 18.0 Å². The maximum absolute atomic E-state index is 12.2. The normalized spacial score (nSPS) is 18.9. The van der Waals surface area contributed by atoms with Crippen molar-refractivity contribution in [3.8, 4) is 0 Å². The number of benzene rings is 1. The third-order valence-electron chi connectivity index (χ3n) is 3.50. The molecule has 1 heterocycles. The van der Waals surface area contributed by atoms with Crippen LogP contribution in [0.1, 0.15) is 20.3 Å². The minimum atomic E-state index is -3.51. The highest BCUT2D eigenvalue weighted by atomic mass is 32.2. The van der Waals surface area contributed by atoms with Gasteiger partial charge in [0.05, 0.1) is 10.6 Å². The van der Waals surface area contributed by atoms with Crippen molar-refractivity contribution in [2.45, 2.75) is 31.2 Å². The first-order chi connectivity index (χ1) is 10.3. The fourth-order valence-corrected chi connectivity index (χ4v) is 3.61. The van der Waals surface area contributed by atoms with Crippen LogP contribution in [0.2, 0.25) is 0 Å². The van der Waals surface area contributed by atoms with Gasteiger partial charge in [0.1, 0.15) is 6.04 Å². The molecule has 0 bridgehead atoms. The highest BCUT2D eigenvalue weighted by Crippen LogP contribution is 2.16. The fourth-order valence-electron chi connectivity index (χ4n) is 2.38. The fraction of sp³-hybridized carbons (Fsp3) is 0.467. The highest BCUT2D eigenvalue weighted by molar-refractivity contribution is 7.91. The summed E-state index contributed by atoms with van der Waals surface area (Å²) < 4.78 is 24.4. The van der Waals surface area contributed by atoms with Gasteiger partial charge in [0.15, 0.2) is 9.84 Å². The van der Waals surface area contributed by atoms with Crippen molar-refractivity contribution in [2.24, 2.45) is 5.92 Å². The summed E-state index contributed by atoms with van der Waals surface area (Å²) in [5.41, 5.74) is 0. The second kappa shape index (κ2) is 6.48. The number of sulfone groups is 1. The van der Waals surface area contributed by atoms with Crippen molar-refractivity contribution in [3.63, 3.8) is 0 Å². The molecule has 1 saturated heterocycles. The van der Waals surface area contributed by atoms with Crippen molar-refractivity contribution in [2.75, 3.05) is 12.3 Å². The molecule has 22 heavy (non-hydrogen) atoms. The van der Waals surface area contributed by atoms with E-state index in [1.54, 1.807) is 18.2 Å². The average Bonchev–Trinajstić information content (AvgIpc) is 2.72. The minimum absolute atomic E-state index is 0.128. The molecule has 7 heteroatoms. The standard InChI is InChI=1S/C15H20N2O4S/c1-11(2)10-13-14(18)17(15(19)16-13)8-9-22(20,21)12-6-4-3-5-7-12/h3-7,11,13H,8-10H2,1-2H3,(H,16,19)/t13-/m1/s1. The smallest absolute Gasteiger partial charge is 0.324 e. The van der Waals surface area contributed by atoms with Gasteiger partial charge in [-0.1, -0.05) is 32.0 Å². The lowest BCUT2D eigenvalue weighted by Gasteiger charge is -2.14. The van der Waals surface area contributed by atoms with Crippen molar-refractivity contribution < 1.29 is 18.0 Å². The van der Waals surface area contributed by atoms with Crippen LogP contribution in [0.25, 0.3) is 0 Å². The van der Waals surface area contributed by atoms with E-state index in [1.165, 1.54) is 12.1 Å². The predicted molar refractivity (Wildman–Crippen MR) is 82.0 cm³/mol. The first-order valence-electron chi connectivity index (χ1n) is 7.21. The molecule has 1 aromatic rings. The summed E-state index contributed by atoms with van der Waals surface area (Å²) in [5, 5.41) is 2.60. The van der Waals surface area contributed by atoms with Gasteiger partial charge >= 0.3 is 6.03 Å². The second-order valence-electron chi connectivity index (χ2n) is 5.75. The van der Waals surface area contributed by atoms with E-state index >= 15 is 0 Å². The number of carbonyl (C=O) groups is 2. The molecule has 2 rings (SSSR count). The SMILES string of the molecule is CC(C)C[C@H]1NC(=O)N(CCS(=O)(=O)c2ccccc2)C1=O. The lowest BCUT2D eigenvalue weighted by Crippen LogP contribution is -2.35. The maximum Gasteiger partial charge on any atom is 0.324 e. The number of imide groups is 1. The molecule has 1 fully saturated rings. The molecule has 1 N–H and O–H groups in total. The van der Waals surface area contributed by atoms with Crippen LogP contribution in [0, 0.1) is 5.92 Å². The van der Waals surface area contributed by atoms with Crippen molar-refractivity contribution in [1.29, 1.82) is 0 Å². The van der Waals surface area contributed by atoms with Gasteiger partial charge in [-0.2, -0.15) is 0 Å². The van der Waals surface area contributed by atoms with E-state index in [-0.39, 0.29) is 29.0 Å². The van der Waals surface area contributed by atoms with Gasteiger partial charge < -0.3 is 5.32 Å². The van der Waals surface area contributed by atoms with Gasteiger partial charge in [-0.05, 0) is 24.5 Å². The summed E-state index contributed by atoms with van der Waals surface area (Å²) in [7, 11) is -3.51. The zero-order chi connectivity index (χ0) is 16.3. The molecule has 1 atom stereocenters. The highest BCUT2D eigenvalue weighted by Gasteiger charge is 2.38. The van der Waals surface area contributed by atoms with Crippen LogP contribution < -0.4 is 5.32 Å². The van der Waals surface area contributed by atoms with Crippen LogP contribution in [0.3, 0.4) is 0 Å². The number of nitrogens with one attached hydrogen (secondary N) is 1. The summed E-state index contributed by atoms with van der Waals surface area (Å²) in [6.07, 6.45) is 0.548. The Morgan fingerprint density at radius 1 is 1.18 bits per heavy atom. The van der Waals surface area contributed by atoms with Crippen LogP contribution in [0.15, 0.2) is 35.2 Å². The van der Waals surface area contributed by atoms with Crippen molar-refractivity contribution in [3.05, 3.63) is 30.3 Å². The van der Waals surface area contributed by atoms with Crippen LogP contribution in [-0.4, -0.2) is 43.6 Å². The lowest BCUT2D eigenvalue weighted by molar-refractivity contribution is -0.127. The maximum atomic E-state index is 12.2. The molecular formula is C15H20N2O4S. The van der Waals surface area contributed by atoms with Crippen LogP contribution in [0.4, 0.5) is 4.79 Å². The first-order valence-corrected chi connectivity index (χ1v) is 8.86. The largest absolute Gasteiger partial charge is 0.326 e. The quantitative estimate of drug-likeness (QED) is 0.802. The number of amides is 3. The van der Waals surface area contributed by atoms with Gasteiger partial charge in [0.25, 0.3) is 5.91 Å². The Hall–Kier alpha value is -1.89. The summed E-state index contributed by atoms with van der Waals surface area (Å²) in [4.78, 5) is 25.2. The second-order valence-corrected chi connectivity index (χ2v) is 7.86. The van der Waals surface area contributed by atoms with E-state index < -0.39 is 21.9 Å². The molecule has 0 radical (unpaired) electrons. The third kappa shape index (κ3) is 3.65. The number of carbonyl (C=O) groups excluding carboxylic acids is 2. The van der Waals surface area contributed by atoms with E-state index in [0.717, 1.165) is 4.90 Å². The number of hydrogen-bond donors (Lipinski definition) is 1. The molecule has 3 amide bonds. The van der Waals surface area contributed by atoms with E-state index in [4.69, 9.17) is 0 Å². The van der Waals surface area contributed by atoms with E-state index in [1.807, 2.05) is 13.8 Å². The van der Waals surface area contributed by atoms with Gasteiger partial charge in [-0.25, -0.2) is 13.2 Å². The number of rotatable bonds is 6. The number of nitrogens with zero attached hydrogens (tertiary/aromatic N) is 1. The summed E-state index contributed by atoms with van der Waals surface area (Å²) in [6, 6.07) is 6.95. The molecular weight excluding hydrogens is 304 g/mol. The van der Waals surface area contributed by atoms with Crippen LogP contribution in [-0.2, 0) is 14.6 Å². The van der Waals surface area contributed by atoms with E-state index in [0.29, 0.717) is 6.42 Å². The van der Waals surface area contributed by atoms with Gasteiger partial charge in [0.2, 0.25) is 0 Å². The molecule has 1 aliphatic rings. The molecule has 1 aromatic carbocycles. The average molecular weight is 324 g/mol. The minimum Gasteiger partial charge on any atom is -0.326 e. The predicted octanol–water partition coefficient (Wildman–Crippen LogP) is 1.43. The van der Waals surface area contributed by atoms with Crippen LogP contribution >= 0.6 is 0 Å². The molecule has 6 nitrogen and oxygen atoms in total. The van der Waals surface area contributed by atoms with Crippen LogP contribution in [0.5, 0.6) is 0 Å². The van der Waals surface area contributed by atoms with E-state index in [2.05, 4.69) is 5.32 Å². The molecule has 0 spiro atoms. The summed E-state index contributed by atoms with van der Waals surface area (Å²) >= 11 is 0. The number of urea groups is 1. The Morgan fingerprint density at radius 2 is 1.82 bits per heavy atom. The monoisotopic (exact) mass is 324 g/mol. The third-order valence-corrected chi connectivity index (χ3v) is 5.21. The Bertz CT molecular complexity index is 655. The molecule has 0 aliphatic carbocycles. The molecule has 0 unspecified atom stereocenters. The Kier molecular flexibility index (Phi) is 4.85. The number of hydrogen-bond acceptors (Lipinski definition) is 4. The van der Waals surface area contributed by atoms with Crippen molar-refractivity contribution >= 4 is 21.8 Å². The molecule has 0 aromatic heterocycles. The Labute approximate surface area is 130 Å². The van der Waals surface area contributed by atoms with Gasteiger partial charge in [-0.3, -0.25) is 9.69 Å². The lowest BCUT2D eigenvalue weighted by atomic mass is 10.0.